The van der Waals surface area contributed by atoms with Crippen LogP contribution < -0.4 is 5.56 Å². The van der Waals surface area contributed by atoms with E-state index >= 15 is 0 Å². The van der Waals surface area contributed by atoms with Gasteiger partial charge in [0.1, 0.15) is 5.82 Å². The maximum Gasteiger partial charge on any atom is 0.253 e. The third-order valence-electron chi connectivity index (χ3n) is 1.77. The molecule has 0 saturated carbocycles. The number of aliphatic hydroxyl groups excluding tert-OH is 1. The van der Waals surface area contributed by atoms with Gasteiger partial charge in [0.05, 0.1) is 12.6 Å². The fourth-order valence-electron chi connectivity index (χ4n) is 1.25. The zero-order valence-electron chi connectivity index (χ0n) is 8.11. The highest BCUT2D eigenvalue weighted by Crippen LogP contribution is 1.95. The minimum atomic E-state index is -0.527. The van der Waals surface area contributed by atoms with Crippen molar-refractivity contribution < 1.29 is 5.11 Å². The van der Waals surface area contributed by atoms with Crippen molar-refractivity contribution in [3.63, 3.8) is 0 Å². The minimum absolute atomic E-state index is 0.106. The van der Waals surface area contributed by atoms with Crippen LogP contribution in [-0.4, -0.2) is 20.8 Å². The van der Waals surface area contributed by atoms with E-state index in [2.05, 4.69) is 4.98 Å². The first kappa shape index (κ1) is 9.92. The maximum atomic E-state index is 11.4. The normalized spacial score (nSPS) is 12.9. The highest BCUT2D eigenvalue weighted by molar-refractivity contribution is 5.01. The third kappa shape index (κ3) is 2.39. The lowest BCUT2D eigenvalue weighted by atomic mass is 10.3. The molecule has 0 aliphatic rings. The fourth-order valence-corrected chi connectivity index (χ4v) is 1.25. The van der Waals surface area contributed by atoms with Gasteiger partial charge < -0.3 is 5.11 Å². The van der Waals surface area contributed by atoms with E-state index < -0.39 is 6.10 Å². The van der Waals surface area contributed by atoms with E-state index in [9.17, 15) is 4.79 Å². The standard InChI is InChI=1S/C9H14N2O2/c1-6-4-9(13)11(5-7(2)12)8(3)10-6/h4,7,12H,5H2,1-3H3/t7-/m0/s1. The molecule has 1 aromatic heterocycles. The van der Waals surface area contributed by atoms with E-state index in [-0.39, 0.29) is 5.56 Å². The molecule has 1 N–H and O–H groups in total. The van der Waals surface area contributed by atoms with Crippen LogP contribution in [0.1, 0.15) is 18.4 Å². The Kier molecular flexibility index (Phi) is 2.83. The van der Waals surface area contributed by atoms with Crippen molar-refractivity contribution in [1.82, 2.24) is 9.55 Å². The zero-order chi connectivity index (χ0) is 10.0. The molecule has 4 heteroatoms. The molecule has 0 unspecified atom stereocenters. The van der Waals surface area contributed by atoms with Crippen LogP contribution in [0.3, 0.4) is 0 Å². The van der Waals surface area contributed by atoms with Gasteiger partial charge in [0.25, 0.3) is 5.56 Å². The molecular weight excluding hydrogens is 168 g/mol. The first-order valence-electron chi connectivity index (χ1n) is 4.24. The summed E-state index contributed by atoms with van der Waals surface area (Å²) in [6.07, 6.45) is -0.527. The van der Waals surface area contributed by atoms with E-state index in [0.717, 1.165) is 0 Å². The molecule has 1 atom stereocenters. The topological polar surface area (TPSA) is 55.1 Å². The predicted molar refractivity (Wildman–Crippen MR) is 49.7 cm³/mol. The van der Waals surface area contributed by atoms with Gasteiger partial charge in [-0.25, -0.2) is 4.98 Å². The van der Waals surface area contributed by atoms with Crippen LogP contribution in [-0.2, 0) is 6.54 Å². The van der Waals surface area contributed by atoms with Crippen LogP contribution in [0.2, 0.25) is 0 Å². The summed E-state index contributed by atoms with van der Waals surface area (Å²) < 4.78 is 1.47. The molecule has 1 rings (SSSR count). The Balaban J connectivity index is 3.14. The molecule has 1 heterocycles. The Labute approximate surface area is 76.9 Å². The molecule has 13 heavy (non-hydrogen) atoms. The van der Waals surface area contributed by atoms with Crippen molar-refractivity contribution in [3.8, 4) is 0 Å². The molecule has 0 fully saturated rings. The van der Waals surface area contributed by atoms with E-state index in [4.69, 9.17) is 5.11 Å². The van der Waals surface area contributed by atoms with Gasteiger partial charge in [0.15, 0.2) is 0 Å². The average molecular weight is 182 g/mol. The van der Waals surface area contributed by atoms with Crippen molar-refractivity contribution in [3.05, 3.63) is 27.9 Å². The van der Waals surface area contributed by atoms with E-state index in [0.29, 0.717) is 18.1 Å². The van der Waals surface area contributed by atoms with E-state index in [1.807, 2.05) is 0 Å². The summed E-state index contributed by atoms with van der Waals surface area (Å²) >= 11 is 0. The van der Waals surface area contributed by atoms with Crippen LogP contribution in [0.25, 0.3) is 0 Å². The quantitative estimate of drug-likeness (QED) is 0.712. The van der Waals surface area contributed by atoms with Crippen molar-refractivity contribution in [2.45, 2.75) is 33.4 Å². The lowest BCUT2D eigenvalue weighted by Gasteiger charge is -2.10. The molecule has 0 aliphatic carbocycles. The summed E-state index contributed by atoms with van der Waals surface area (Å²) in [6, 6.07) is 1.47. The number of nitrogens with zero attached hydrogens (tertiary/aromatic N) is 2. The van der Waals surface area contributed by atoms with Crippen LogP contribution in [0.5, 0.6) is 0 Å². The molecule has 0 amide bonds. The summed E-state index contributed by atoms with van der Waals surface area (Å²) in [5.41, 5.74) is 0.607. The second-order valence-electron chi connectivity index (χ2n) is 3.24. The second-order valence-corrected chi connectivity index (χ2v) is 3.24. The summed E-state index contributed by atoms with van der Waals surface area (Å²) in [7, 11) is 0. The second kappa shape index (κ2) is 3.70. The molecular formula is C9H14N2O2. The highest BCUT2D eigenvalue weighted by atomic mass is 16.3. The van der Waals surface area contributed by atoms with Crippen LogP contribution in [0.4, 0.5) is 0 Å². The highest BCUT2D eigenvalue weighted by Gasteiger charge is 2.04. The smallest absolute Gasteiger partial charge is 0.253 e. The first-order valence-corrected chi connectivity index (χ1v) is 4.24. The third-order valence-corrected chi connectivity index (χ3v) is 1.77. The number of hydrogen-bond acceptors (Lipinski definition) is 3. The van der Waals surface area contributed by atoms with Crippen LogP contribution >= 0.6 is 0 Å². The number of aromatic nitrogens is 2. The Morgan fingerprint density at radius 2 is 2.23 bits per heavy atom. The van der Waals surface area contributed by atoms with Gasteiger partial charge in [0.2, 0.25) is 0 Å². The van der Waals surface area contributed by atoms with Gasteiger partial charge in [-0.3, -0.25) is 9.36 Å². The number of aryl methyl sites for hydroxylation is 2. The number of hydrogen-bond donors (Lipinski definition) is 1. The largest absolute Gasteiger partial charge is 0.392 e. The molecule has 0 radical (unpaired) electrons. The summed E-state index contributed by atoms with van der Waals surface area (Å²) in [4.78, 5) is 15.5. The number of rotatable bonds is 2. The zero-order valence-corrected chi connectivity index (χ0v) is 8.11. The maximum absolute atomic E-state index is 11.4. The fraction of sp³-hybridized carbons (Fsp3) is 0.556. The summed E-state index contributed by atoms with van der Waals surface area (Å²) in [5, 5.41) is 9.14. The van der Waals surface area contributed by atoms with Crippen LogP contribution in [0, 0.1) is 13.8 Å². The van der Waals surface area contributed by atoms with Crippen molar-refractivity contribution >= 4 is 0 Å². The summed E-state index contributed by atoms with van der Waals surface area (Å²) in [5.74, 6) is 0.644. The molecule has 1 aromatic rings. The molecule has 0 aromatic carbocycles. The number of aliphatic hydroxyl groups is 1. The lowest BCUT2D eigenvalue weighted by Crippen LogP contribution is -2.27. The van der Waals surface area contributed by atoms with Gasteiger partial charge in [-0.05, 0) is 20.8 Å². The Morgan fingerprint density at radius 1 is 1.62 bits per heavy atom. The Bertz CT molecular complexity index is 355. The molecule has 0 aliphatic heterocycles. The minimum Gasteiger partial charge on any atom is -0.392 e. The molecule has 4 nitrogen and oxygen atoms in total. The van der Waals surface area contributed by atoms with Crippen molar-refractivity contribution in [1.29, 1.82) is 0 Å². The van der Waals surface area contributed by atoms with E-state index in [1.54, 1.807) is 20.8 Å². The molecule has 0 bridgehead atoms. The summed E-state index contributed by atoms with van der Waals surface area (Å²) in [6.45, 7) is 5.49. The first-order chi connectivity index (χ1) is 6.00. The Hall–Kier alpha value is -1.16. The average Bonchev–Trinajstić information content (AvgIpc) is 1.96. The molecule has 72 valence electrons. The van der Waals surface area contributed by atoms with E-state index in [1.165, 1.54) is 10.6 Å². The van der Waals surface area contributed by atoms with Crippen LogP contribution in [0.15, 0.2) is 10.9 Å². The van der Waals surface area contributed by atoms with Crippen molar-refractivity contribution in [2.75, 3.05) is 0 Å². The van der Waals surface area contributed by atoms with Gasteiger partial charge in [-0.2, -0.15) is 0 Å². The van der Waals surface area contributed by atoms with Gasteiger partial charge >= 0.3 is 0 Å². The monoisotopic (exact) mass is 182 g/mol. The van der Waals surface area contributed by atoms with Gasteiger partial charge in [-0.1, -0.05) is 0 Å². The molecule has 0 saturated heterocycles. The SMILES string of the molecule is Cc1cc(=O)n(C[C@H](C)O)c(C)n1. The van der Waals surface area contributed by atoms with Gasteiger partial charge in [0, 0.05) is 11.8 Å². The lowest BCUT2D eigenvalue weighted by molar-refractivity contribution is 0.170. The van der Waals surface area contributed by atoms with Gasteiger partial charge in [-0.15, -0.1) is 0 Å². The molecule has 0 spiro atoms. The Morgan fingerprint density at radius 3 is 2.69 bits per heavy atom. The predicted octanol–water partition coefficient (Wildman–Crippen LogP) is 0.241. The van der Waals surface area contributed by atoms with Crippen molar-refractivity contribution in [2.24, 2.45) is 0 Å².